The molecular weight excluding hydrogens is 293 g/mol. The molecule has 0 rings (SSSR count). The number of alkyl halides is 3. The van der Waals surface area contributed by atoms with Crippen LogP contribution < -0.4 is 0 Å². The number of rotatable bonds is 3. The van der Waals surface area contributed by atoms with Crippen LogP contribution in [0.15, 0.2) is 10.1 Å². The molecule has 0 radical (unpaired) electrons. The second-order valence-electron chi connectivity index (χ2n) is 2.26. The van der Waals surface area contributed by atoms with Crippen LogP contribution in [0.2, 0.25) is 0 Å². The summed E-state index contributed by atoms with van der Waals surface area (Å²) in [7, 11) is 0. The molecule has 0 bridgehead atoms. The van der Waals surface area contributed by atoms with E-state index in [1.165, 1.54) is 0 Å². The summed E-state index contributed by atoms with van der Waals surface area (Å²) in [6, 6.07) is 0. The second-order valence-corrected chi connectivity index (χ2v) is 5.30. The standard InChI is InChI=1S/C7H7Cl5O2/c1-2-3-14-6(13)4(8)5(9)7(10,11)12/h2-3H2,1H3. The third-order valence-corrected chi connectivity index (χ3v) is 2.83. The summed E-state index contributed by atoms with van der Waals surface area (Å²) >= 11 is 27.3. The van der Waals surface area contributed by atoms with Gasteiger partial charge in [0, 0.05) is 0 Å². The van der Waals surface area contributed by atoms with Crippen LogP contribution in [-0.2, 0) is 9.53 Å². The first-order chi connectivity index (χ1) is 6.30. The summed E-state index contributed by atoms with van der Waals surface area (Å²) in [6.45, 7) is 2.07. The molecule has 0 heterocycles. The smallest absolute Gasteiger partial charge is 0.351 e. The van der Waals surface area contributed by atoms with E-state index in [1.54, 1.807) is 0 Å². The molecule has 0 fully saturated rings. The van der Waals surface area contributed by atoms with Gasteiger partial charge < -0.3 is 4.74 Å². The van der Waals surface area contributed by atoms with Crippen LogP contribution in [0.4, 0.5) is 0 Å². The maximum Gasteiger partial charge on any atom is 0.351 e. The van der Waals surface area contributed by atoms with Gasteiger partial charge >= 0.3 is 5.97 Å². The second kappa shape index (κ2) is 6.29. The molecule has 0 saturated carbocycles. The van der Waals surface area contributed by atoms with Crippen LogP contribution in [0.1, 0.15) is 13.3 Å². The van der Waals surface area contributed by atoms with Crippen molar-refractivity contribution in [3.63, 3.8) is 0 Å². The van der Waals surface area contributed by atoms with Crippen LogP contribution in [0.5, 0.6) is 0 Å². The maximum absolute atomic E-state index is 11.1. The number of carbonyl (C=O) groups excluding carboxylic acids is 1. The summed E-state index contributed by atoms with van der Waals surface area (Å²) in [6.07, 6.45) is 0.668. The lowest BCUT2D eigenvalue weighted by molar-refractivity contribution is -0.138. The van der Waals surface area contributed by atoms with E-state index in [0.717, 1.165) is 0 Å². The normalized spacial score (nSPS) is 13.6. The first-order valence-corrected chi connectivity index (χ1v) is 5.49. The van der Waals surface area contributed by atoms with Crippen LogP contribution in [-0.4, -0.2) is 16.4 Å². The van der Waals surface area contributed by atoms with Gasteiger partial charge in [0.2, 0.25) is 3.79 Å². The third kappa shape index (κ3) is 4.94. The number of ether oxygens (including phenoxy) is 1. The molecule has 7 heteroatoms. The number of hydrogen-bond acceptors (Lipinski definition) is 2. The van der Waals surface area contributed by atoms with Crippen molar-refractivity contribution >= 4 is 64.0 Å². The molecule has 0 N–H and O–H groups in total. The average Bonchev–Trinajstić information content (AvgIpc) is 2.10. The Balaban J connectivity index is 4.58. The molecule has 2 nitrogen and oxygen atoms in total. The van der Waals surface area contributed by atoms with Crippen LogP contribution in [0, 0.1) is 0 Å². The van der Waals surface area contributed by atoms with Gasteiger partial charge in [0.25, 0.3) is 0 Å². The predicted molar refractivity (Wildman–Crippen MR) is 60.3 cm³/mol. The van der Waals surface area contributed by atoms with Crippen molar-refractivity contribution in [1.82, 2.24) is 0 Å². The highest BCUT2D eigenvalue weighted by molar-refractivity contribution is 6.74. The third-order valence-electron chi connectivity index (χ3n) is 1.06. The highest BCUT2D eigenvalue weighted by Gasteiger charge is 2.30. The molecule has 82 valence electrons. The van der Waals surface area contributed by atoms with E-state index in [0.29, 0.717) is 6.42 Å². The lowest BCUT2D eigenvalue weighted by atomic mass is 10.5. The molecule has 0 aliphatic carbocycles. The van der Waals surface area contributed by atoms with Gasteiger partial charge in [-0.3, -0.25) is 0 Å². The van der Waals surface area contributed by atoms with E-state index in [2.05, 4.69) is 4.74 Å². The Bertz CT molecular complexity index is 243. The molecule has 0 atom stereocenters. The molecule has 0 unspecified atom stereocenters. The maximum atomic E-state index is 11.1. The zero-order valence-electron chi connectivity index (χ0n) is 7.12. The van der Waals surface area contributed by atoms with Crippen molar-refractivity contribution in [2.75, 3.05) is 6.61 Å². The summed E-state index contributed by atoms with van der Waals surface area (Å²) in [4.78, 5) is 11.1. The van der Waals surface area contributed by atoms with Crippen molar-refractivity contribution < 1.29 is 9.53 Å². The van der Waals surface area contributed by atoms with E-state index in [4.69, 9.17) is 58.0 Å². The molecular formula is C7H7Cl5O2. The fourth-order valence-corrected chi connectivity index (χ4v) is 1.17. The summed E-state index contributed by atoms with van der Waals surface area (Å²) in [5.74, 6) is -0.801. The lowest BCUT2D eigenvalue weighted by Gasteiger charge is -2.11. The fourth-order valence-electron chi connectivity index (χ4n) is 0.472. The lowest BCUT2D eigenvalue weighted by Crippen LogP contribution is -2.11. The highest BCUT2D eigenvalue weighted by Crippen LogP contribution is 2.39. The molecule has 0 aromatic heterocycles. The Morgan fingerprint density at radius 2 is 1.79 bits per heavy atom. The Kier molecular flexibility index (Phi) is 6.58. The minimum Gasteiger partial charge on any atom is -0.461 e. The Morgan fingerprint density at radius 3 is 2.14 bits per heavy atom. The first-order valence-electron chi connectivity index (χ1n) is 3.60. The molecule has 0 aliphatic rings. The van der Waals surface area contributed by atoms with Gasteiger partial charge in [-0.2, -0.15) is 0 Å². The minimum atomic E-state index is -1.91. The number of hydrogen-bond donors (Lipinski definition) is 0. The summed E-state index contributed by atoms with van der Waals surface area (Å²) in [5, 5.41) is -0.787. The van der Waals surface area contributed by atoms with Crippen LogP contribution >= 0.6 is 58.0 Å². The Morgan fingerprint density at radius 1 is 1.29 bits per heavy atom. The molecule has 0 saturated heterocycles. The van der Waals surface area contributed by atoms with Gasteiger partial charge in [0.05, 0.1) is 11.6 Å². The number of halogens is 5. The Hall–Kier alpha value is 0.660. The molecule has 0 aliphatic heterocycles. The quantitative estimate of drug-likeness (QED) is 0.447. The van der Waals surface area contributed by atoms with Crippen molar-refractivity contribution in [3.8, 4) is 0 Å². The van der Waals surface area contributed by atoms with E-state index in [9.17, 15) is 4.79 Å². The zero-order valence-corrected chi connectivity index (χ0v) is 10.9. The van der Waals surface area contributed by atoms with Gasteiger partial charge in [-0.1, -0.05) is 64.9 Å². The number of esters is 1. The van der Waals surface area contributed by atoms with Gasteiger partial charge in [0.1, 0.15) is 5.03 Å². The molecule has 0 spiro atoms. The molecule has 0 aromatic carbocycles. The summed E-state index contributed by atoms with van der Waals surface area (Å²) in [5.41, 5.74) is 0. The van der Waals surface area contributed by atoms with Crippen molar-refractivity contribution in [3.05, 3.63) is 10.1 Å². The predicted octanol–water partition coefficient (Wildman–Crippen LogP) is 4.00. The van der Waals surface area contributed by atoms with Gasteiger partial charge in [-0.15, -0.1) is 0 Å². The fraction of sp³-hybridized carbons (Fsp3) is 0.571. The van der Waals surface area contributed by atoms with E-state index in [1.807, 2.05) is 6.92 Å². The average molecular weight is 300 g/mol. The van der Waals surface area contributed by atoms with Crippen LogP contribution in [0.25, 0.3) is 0 Å². The van der Waals surface area contributed by atoms with E-state index in [-0.39, 0.29) is 11.6 Å². The largest absolute Gasteiger partial charge is 0.461 e. The van der Waals surface area contributed by atoms with Crippen molar-refractivity contribution in [2.45, 2.75) is 17.1 Å². The van der Waals surface area contributed by atoms with E-state index >= 15 is 0 Å². The Labute approximate surface area is 107 Å². The molecule has 0 aromatic rings. The molecule has 14 heavy (non-hydrogen) atoms. The van der Waals surface area contributed by atoms with Gasteiger partial charge in [-0.05, 0) is 6.42 Å². The number of allylic oxidation sites excluding steroid dienone is 1. The van der Waals surface area contributed by atoms with Crippen molar-refractivity contribution in [1.29, 1.82) is 0 Å². The van der Waals surface area contributed by atoms with Crippen molar-refractivity contribution in [2.24, 2.45) is 0 Å². The highest BCUT2D eigenvalue weighted by atomic mass is 35.6. The SMILES string of the molecule is CCCOC(=O)C(Cl)=C(Cl)C(Cl)(Cl)Cl. The zero-order chi connectivity index (χ0) is 11.4. The van der Waals surface area contributed by atoms with Gasteiger partial charge in [-0.25, -0.2) is 4.79 Å². The van der Waals surface area contributed by atoms with E-state index < -0.39 is 14.8 Å². The molecule has 0 amide bonds. The van der Waals surface area contributed by atoms with Gasteiger partial charge in [0.15, 0.2) is 0 Å². The topological polar surface area (TPSA) is 26.3 Å². The summed E-state index contributed by atoms with van der Waals surface area (Å²) < 4.78 is 2.77. The number of carbonyl (C=O) groups is 1. The van der Waals surface area contributed by atoms with Crippen LogP contribution in [0.3, 0.4) is 0 Å². The minimum absolute atomic E-state index is 0.235. The first kappa shape index (κ1) is 14.7. The monoisotopic (exact) mass is 298 g/mol.